The van der Waals surface area contributed by atoms with Crippen molar-refractivity contribution in [2.75, 3.05) is 19.6 Å². The first-order chi connectivity index (χ1) is 11.4. The van der Waals surface area contributed by atoms with Gasteiger partial charge in [-0.2, -0.15) is 5.10 Å². The molecule has 1 aromatic rings. The Morgan fingerprint density at radius 2 is 2.17 bits per heavy atom. The van der Waals surface area contributed by atoms with Crippen LogP contribution in [-0.4, -0.2) is 62.7 Å². The molecule has 1 aromatic heterocycles. The van der Waals surface area contributed by atoms with Crippen LogP contribution in [0.25, 0.3) is 0 Å². The molecule has 24 heavy (non-hydrogen) atoms. The zero-order valence-corrected chi connectivity index (χ0v) is 14.7. The lowest BCUT2D eigenvalue weighted by Gasteiger charge is -2.40. The van der Waals surface area contributed by atoms with Crippen LogP contribution in [0.15, 0.2) is 18.5 Å². The lowest BCUT2D eigenvalue weighted by Crippen LogP contribution is -2.56. The van der Waals surface area contributed by atoms with Crippen LogP contribution in [0.5, 0.6) is 0 Å². The fourth-order valence-corrected chi connectivity index (χ4v) is 3.83. The molecule has 0 saturated carbocycles. The zero-order chi connectivity index (χ0) is 17.3. The number of imide groups is 1. The molecule has 0 radical (unpaired) electrons. The number of amides is 3. The first-order valence-electron chi connectivity index (χ1n) is 8.77. The van der Waals surface area contributed by atoms with Crippen molar-refractivity contribution in [1.29, 1.82) is 0 Å². The summed E-state index contributed by atoms with van der Waals surface area (Å²) in [5.41, 5.74) is -0.786. The number of nitrogens with zero attached hydrogens (tertiary/aromatic N) is 4. The van der Waals surface area contributed by atoms with Gasteiger partial charge in [0, 0.05) is 37.4 Å². The van der Waals surface area contributed by atoms with Gasteiger partial charge in [0.25, 0.3) is 5.91 Å². The van der Waals surface area contributed by atoms with Gasteiger partial charge in [-0.15, -0.1) is 0 Å². The van der Waals surface area contributed by atoms with Gasteiger partial charge < -0.3 is 10.2 Å². The van der Waals surface area contributed by atoms with Crippen LogP contribution in [-0.2, 0) is 11.3 Å². The van der Waals surface area contributed by atoms with Crippen molar-refractivity contribution in [2.24, 2.45) is 5.92 Å². The summed E-state index contributed by atoms with van der Waals surface area (Å²) in [6.07, 6.45) is 5.76. The highest BCUT2D eigenvalue weighted by atomic mass is 16.2. The Morgan fingerprint density at radius 1 is 1.38 bits per heavy atom. The first kappa shape index (κ1) is 17.0. The molecule has 132 valence electrons. The van der Waals surface area contributed by atoms with Gasteiger partial charge in [-0.25, -0.2) is 4.79 Å². The number of hydrogen-bond acceptors (Lipinski definition) is 4. The smallest absolute Gasteiger partial charge is 0.323 e. The molecular weight excluding hydrogens is 306 g/mol. The fourth-order valence-electron chi connectivity index (χ4n) is 3.83. The van der Waals surface area contributed by atoms with E-state index < -0.39 is 5.54 Å². The molecule has 3 amide bonds. The van der Waals surface area contributed by atoms with Crippen LogP contribution < -0.4 is 5.32 Å². The van der Waals surface area contributed by atoms with E-state index in [9.17, 15) is 9.59 Å². The zero-order valence-electron chi connectivity index (χ0n) is 14.7. The molecule has 2 saturated heterocycles. The number of piperidine rings is 1. The van der Waals surface area contributed by atoms with Gasteiger partial charge >= 0.3 is 6.03 Å². The Labute approximate surface area is 143 Å². The quantitative estimate of drug-likeness (QED) is 0.825. The summed E-state index contributed by atoms with van der Waals surface area (Å²) in [6.45, 7) is 9.25. The van der Waals surface area contributed by atoms with Crippen LogP contribution in [0.1, 0.15) is 33.6 Å². The normalized spacial score (nSPS) is 28.7. The van der Waals surface area contributed by atoms with Crippen LogP contribution in [0, 0.1) is 5.92 Å². The third-order valence-corrected chi connectivity index (χ3v) is 5.29. The van der Waals surface area contributed by atoms with Crippen molar-refractivity contribution < 1.29 is 9.59 Å². The highest BCUT2D eigenvalue weighted by molar-refractivity contribution is 6.07. The van der Waals surface area contributed by atoms with Crippen molar-refractivity contribution in [1.82, 2.24) is 24.9 Å². The van der Waals surface area contributed by atoms with Gasteiger partial charge in [0.1, 0.15) is 5.54 Å². The van der Waals surface area contributed by atoms with Crippen molar-refractivity contribution in [3.05, 3.63) is 18.5 Å². The lowest BCUT2D eigenvalue weighted by molar-refractivity contribution is -0.134. The van der Waals surface area contributed by atoms with E-state index in [1.54, 1.807) is 6.20 Å². The Kier molecular flexibility index (Phi) is 4.62. The molecule has 0 bridgehead atoms. The number of hydrogen-bond donors (Lipinski definition) is 1. The van der Waals surface area contributed by atoms with E-state index in [1.165, 1.54) is 4.90 Å². The highest BCUT2D eigenvalue weighted by Crippen LogP contribution is 2.33. The molecule has 2 fully saturated rings. The number of urea groups is 1. The van der Waals surface area contributed by atoms with Crippen molar-refractivity contribution in [3.63, 3.8) is 0 Å². The largest absolute Gasteiger partial charge is 0.325 e. The van der Waals surface area contributed by atoms with Crippen molar-refractivity contribution >= 4 is 11.9 Å². The van der Waals surface area contributed by atoms with Gasteiger partial charge in [-0.1, -0.05) is 0 Å². The second-order valence-corrected chi connectivity index (χ2v) is 7.31. The minimum absolute atomic E-state index is 0.0820. The first-order valence-corrected chi connectivity index (χ1v) is 8.77. The van der Waals surface area contributed by atoms with E-state index in [-0.39, 0.29) is 23.9 Å². The summed E-state index contributed by atoms with van der Waals surface area (Å²) in [5.74, 6) is 0.0606. The molecule has 1 N–H and O–H groups in total. The Hall–Kier alpha value is -1.89. The standard InChI is InChI=1S/C17H27N5O2/c1-13(2)22-15(23)17(3,19-16(22)24)14-6-4-8-20(12-14)10-11-21-9-5-7-18-21/h5,7,9,13-14H,4,6,8,10-12H2,1-3H3,(H,19,24)/t14-,17+/m1/s1. The van der Waals surface area contributed by atoms with E-state index in [2.05, 4.69) is 15.3 Å². The molecular formula is C17H27N5O2. The Bertz CT molecular complexity index is 600. The monoisotopic (exact) mass is 333 g/mol. The van der Waals surface area contributed by atoms with Gasteiger partial charge in [0.2, 0.25) is 0 Å². The summed E-state index contributed by atoms with van der Waals surface area (Å²) in [7, 11) is 0. The number of carbonyl (C=O) groups is 2. The summed E-state index contributed by atoms with van der Waals surface area (Å²) < 4.78 is 1.92. The van der Waals surface area contributed by atoms with E-state index >= 15 is 0 Å². The Morgan fingerprint density at radius 3 is 2.79 bits per heavy atom. The van der Waals surface area contributed by atoms with Crippen LogP contribution in [0.4, 0.5) is 4.79 Å². The van der Waals surface area contributed by atoms with Gasteiger partial charge in [0.15, 0.2) is 0 Å². The van der Waals surface area contributed by atoms with Crippen LogP contribution >= 0.6 is 0 Å². The topological polar surface area (TPSA) is 70.5 Å². The maximum Gasteiger partial charge on any atom is 0.325 e. The average molecular weight is 333 g/mol. The second-order valence-electron chi connectivity index (χ2n) is 7.31. The Balaban J connectivity index is 1.65. The molecule has 0 unspecified atom stereocenters. The van der Waals surface area contributed by atoms with Crippen molar-refractivity contribution in [3.8, 4) is 0 Å². The SMILES string of the molecule is CC(C)N1C(=O)N[C@@](C)([C@@H]2CCCN(CCn3cccn3)C2)C1=O. The van der Waals surface area contributed by atoms with Crippen LogP contribution in [0.3, 0.4) is 0 Å². The molecule has 2 aliphatic heterocycles. The molecule has 0 spiro atoms. The predicted octanol–water partition coefficient (Wildman–Crippen LogP) is 1.31. The molecule has 3 rings (SSSR count). The van der Waals surface area contributed by atoms with Crippen molar-refractivity contribution in [2.45, 2.75) is 51.7 Å². The molecule has 0 aromatic carbocycles. The number of nitrogens with one attached hydrogen (secondary N) is 1. The maximum absolute atomic E-state index is 12.8. The molecule has 2 atom stereocenters. The predicted molar refractivity (Wildman–Crippen MR) is 90.3 cm³/mol. The highest BCUT2D eigenvalue weighted by Gasteiger charge is 2.53. The number of aromatic nitrogens is 2. The third-order valence-electron chi connectivity index (χ3n) is 5.29. The van der Waals surface area contributed by atoms with Gasteiger partial charge in [-0.05, 0) is 46.2 Å². The number of carbonyl (C=O) groups excluding carboxylic acids is 2. The third kappa shape index (κ3) is 3.05. The molecule has 3 heterocycles. The maximum atomic E-state index is 12.8. The minimum atomic E-state index is -0.786. The van der Waals surface area contributed by atoms with Crippen LogP contribution in [0.2, 0.25) is 0 Å². The number of rotatable bonds is 5. The molecule has 0 aliphatic carbocycles. The summed E-state index contributed by atoms with van der Waals surface area (Å²) in [6, 6.07) is 1.55. The van der Waals surface area contributed by atoms with E-state index in [0.29, 0.717) is 0 Å². The number of likely N-dealkylation sites (tertiary alicyclic amines) is 1. The lowest BCUT2D eigenvalue weighted by atomic mass is 9.80. The fraction of sp³-hybridized carbons (Fsp3) is 0.706. The molecule has 7 heteroatoms. The summed E-state index contributed by atoms with van der Waals surface area (Å²) >= 11 is 0. The average Bonchev–Trinajstić information content (AvgIpc) is 3.13. The minimum Gasteiger partial charge on any atom is -0.323 e. The molecule has 7 nitrogen and oxygen atoms in total. The second kappa shape index (κ2) is 6.55. The molecule has 2 aliphatic rings. The van der Waals surface area contributed by atoms with Gasteiger partial charge in [-0.3, -0.25) is 14.4 Å². The van der Waals surface area contributed by atoms with E-state index in [0.717, 1.165) is 39.0 Å². The van der Waals surface area contributed by atoms with E-state index in [1.807, 2.05) is 37.7 Å². The summed E-state index contributed by atoms with van der Waals surface area (Å²) in [5, 5.41) is 7.20. The van der Waals surface area contributed by atoms with E-state index in [4.69, 9.17) is 0 Å². The van der Waals surface area contributed by atoms with Gasteiger partial charge in [0.05, 0.1) is 6.54 Å². The summed E-state index contributed by atoms with van der Waals surface area (Å²) in [4.78, 5) is 28.8.